The molecule has 26 heavy (non-hydrogen) atoms. The molecular weight excluding hydrogens is 334 g/mol. The van der Waals surface area contributed by atoms with Crippen LogP contribution in [0.15, 0.2) is 28.8 Å². The number of carbonyl (C=O) groups is 2. The molecule has 7 heteroatoms. The molecule has 1 aromatic carbocycles. The molecule has 0 bridgehead atoms. The SMILES string of the molecule is Cc1nc(C2(NC(=O)CCc3ccccc3C(=O)O)CCCCC2)no1. The Bertz CT molecular complexity index is 794. The first kappa shape index (κ1) is 18.1. The lowest BCUT2D eigenvalue weighted by molar-refractivity contribution is -0.123. The molecule has 1 heterocycles. The van der Waals surface area contributed by atoms with E-state index in [1.165, 1.54) is 0 Å². The number of benzene rings is 1. The van der Waals surface area contributed by atoms with Crippen LogP contribution in [0.5, 0.6) is 0 Å². The van der Waals surface area contributed by atoms with Crippen LogP contribution in [0.1, 0.15) is 66.2 Å². The van der Waals surface area contributed by atoms with Gasteiger partial charge in [0.05, 0.1) is 5.56 Å². The Kier molecular flexibility index (Phi) is 5.35. The van der Waals surface area contributed by atoms with Crippen LogP contribution >= 0.6 is 0 Å². The molecule has 1 aliphatic rings. The molecule has 1 aliphatic carbocycles. The van der Waals surface area contributed by atoms with Crippen molar-refractivity contribution in [2.45, 2.75) is 57.4 Å². The minimum absolute atomic E-state index is 0.130. The Balaban J connectivity index is 1.70. The van der Waals surface area contributed by atoms with Crippen LogP contribution in [0, 0.1) is 6.92 Å². The summed E-state index contributed by atoms with van der Waals surface area (Å²) in [7, 11) is 0. The van der Waals surface area contributed by atoms with Gasteiger partial charge >= 0.3 is 5.97 Å². The quantitative estimate of drug-likeness (QED) is 0.823. The summed E-state index contributed by atoms with van der Waals surface area (Å²) in [4.78, 5) is 28.2. The second-order valence-electron chi connectivity index (χ2n) is 6.79. The number of hydrogen-bond acceptors (Lipinski definition) is 5. The fraction of sp³-hybridized carbons (Fsp3) is 0.474. The fourth-order valence-corrected chi connectivity index (χ4v) is 3.58. The molecule has 0 aliphatic heterocycles. The van der Waals surface area contributed by atoms with E-state index in [2.05, 4.69) is 15.5 Å². The van der Waals surface area contributed by atoms with Crippen LogP contribution in [0.4, 0.5) is 0 Å². The summed E-state index contributed by atoms with van der Waals surface area (Å²) in [5.74, 6) is -0.0925. The highest BCUT2D eigenvalue weighted by Crippen LogP contribution is 2.35. The first-order valence-corrected chi connectivity index (χ1v) is 8.93. The maximum Gasteiger partial charge on any atom is 0.335 e. The number of aryl methyl sites for hydroxylation is 2. The van der Waals surface area contributed by atoms with Crippen LogP contribution in [0.2, 0.25) is 0 Å². The van der Waals surface area contributed by atoms with Crippen LogP contribution < -0.4 is 5.32 Å². The van der Waals surface area contributed by atoms with Gasteiger partial charge in [0.15, 0.2) is 5.82 Å². The van der Waals surface area contributed by atoms with Crippen LogP contribution in [0.3, 0.4) is 0 Å². The number of amides is 1. The van der Waals surface area contributed by atoms with E-state index in [0.717, 1.165) is 32.1 Å². The minimum Gasteiger partial charge on any atom is -0.478 e. The number of aromatic nitrogens is 2. The molecule has 2 N–H and O–H groups in total. The molecule has 138 valence electrons. The lowest BCUT2D eigenvalue weighted by Gasteiger charge is -2.35. The van der Waals surface area contributed by atoms with Crippen molar-refractivity contribution in [3.05, 3.63) is 47.1 Å². The summed E-state index contributed by atoms with van der Waals surface area (Å²) in [5, 5.41) is 16.4. The van der Waals surface area contributed by atoms with Gasteiger partial charge < -0.3 is 14.9 Å². The zero-order chi connectivity index (χ0) is 18.6. The number of carboxylic acids is 1. The van der Waals surface area contributed by atoms with Gasteiger partial charge in [-0.05, 0) is 30.9 Å². The van der Waals surface area contributed by atoms with Gasteiger partial charge in [-0.3, -0.25) is 4.79 Å². The zero-order valence-corrected chi connectivity index (χ0v) is 14.8. The largest absolute Gasteiger partial charge is 0.478 e. The summed E-state index contributed by atoms with van der Waals surface area (Å²) in [6, 6.07) is 6.77. The maximum absolute atomic E-state index is 12.6. The van der Waals surface area contributed by atoms with Crippen molar-refractivity contribution in [1.29, 1.82) is 0 Å². The molecule has 0 unspecified atom stereocenters. The van der Waals surface area contributed by atoms with E-state index in [1.54, 1.807) is 31.2 Å². The normalized spacial score (nSPS) is 16.2. The number of carboxylic acid groups (broad SMARTS) is 1. The summed E-state index contributed by atoms with van der Waals surface area (Å²) in [5.41, 5.74) is 0.309. The maximum atomic E-state index is 12.6. The predicted octanol–water partition coefficient (Wildman–Crippen LogP) is 2.98. The van der Waals surface area contributed by atoms with E-state index < -0.39 is 11.5 Å². The molecule has 0 saturated heterocycles. The Morgan fingerprint density at radius 1 is 1.23 bits per heavy atom. The molecule has 2 aromatic rings. The molecule has 1 aromatic heterocycles. The number of nitrogens with zero attached hydrogens (tertiary/aromatic N) is 2. The number of carbonyl (C=O) groups excluding carboxylic acids is 1. The first-order chi connectivity index (χ1) is 12.5. The van der Waals surface area contributed by atoms with Gasteiger partial charge in [-0.2, -0.15) is 4.98 Å². The molecular formula is C19H23N3O4. The number of nitrogens with one attached hydrogen (secondary N) is 1. The summed E-state index contributed by atoms with van der Waals surface area (Å²) in [6.07, 6.45) is 5.26. The molecule has 1 saturated carbocycles. The van der Waals surface area contributed by atoms with E-state index in [9.17, 15) is 14.7 Å². The molecule has 7 nitrogen and oxygen atoms in total. The summed E-state index contributed by atoms with van der Waals surface area (Å²) < 4.78 is 5.12. The minimum atomic E-state index is -0.980. The van der Waals surface area contributed by atoms with Crippen LogP contribution in [-0.2, 0) is 16.8 Å². The summed E-state index contributed by atoms with van der Waals surface area (Å²) in [6.45, 7) is 1.73. The Hall–Kier alpha value is -2.70. The van der Waals surface area contributed by atoms with Gasteiger partial charge in [0.25, 0.3) is 0 Å². The topological polar surface area (TPSA) is 105 Å². The second kappa shape index (κ2) is 7.68. The highest BCUT2D eigenvalue weighted by molar-refractivity contribution is 5.89. The highest BCUT2D eigenvalue weighted by Gasteiger charge is 2.39. The number of hydrogen-bond donors (Lipinski definition) is 2. The van der Waals surface area contributed by atoms with Crippen molar-refractivity contribution in [2.75, 3.05) is 0 Å². The van der Waals surface area contributed by atoms with Crippen LogP contribution in [-0.4, -0.2) is 27.1 Å². The van der Waals surface area contributed by atoms with E-state index in [-0.39, 0.29) is 17.9 Å². The average Bonchev–Trinajstić information content (AvgIpc) is 3.08. The van der Waals surface area contributed by atoms with E-state index >= 15 is 0 Å². The van der Waals surface area contributed by atoms with Gasteiger partial charge in [-0.25, -0.2) is 4.79 Å². The lowest BCUT2D eigenvalue weighted by atomic mass is 9.80. The van der Waals surface area contributed by atoms with E-state index in [1.807, 2.05) is 0 Å². The van der Waals surface area contributed by atoms with Gasteiger partial charge in [0.1, 0.15) is 5.54 Å². The zero-order valence-electron chi connectivity index (χ0n) is 14.8. The van der Waals surface area contributed by atoms with Gasteiger partial charge in [-0.1, -0.05) is 42.6 Å². The van der Waals surface area contributed by atoms with E-state index in [4.69, 9.17) is 4.52 Å². The molecule has 0 atom stereocenters. The molecule has 3 rings (SSSR count). The van der Waals surface area contributed by atoms with Crippen molar-refractivity contribution in [3.8, 4) is 0 Å². The number of rotatable bonds is 6. The van der Waals surface area contributed by atoms with Gasteiger partial charge in [0, 0.05) is 13.3 Å². The van der Waals surface area contributed by atoms with Crippen LogP contribution in [0.25, 0.3) is 0 Å². The summed E-state index contributed by atoms with van der Waals surface area (Å²) >= 11 is 0. The first-order valence-electron chi connectivity index (χ1n) is 8.93. The second-order valence-corrected chi connectivity index (χ2v) is 6.79. The van der Waals surface area contributed by atoms with Crippen molar-refractivity contribution in [1.82, 2.24) is 15.5 Å². The third-order valence-electron chi connectivity index (χ3n) is 4.91. The Labute approximate surface area is 151 Å². The highest BCUT2D eigenvalue weighted by atomic mass is 16.5. The molecule has 1 amide bonds. The standard InChI is InChI=1S/C19H23N3O4/c1-13-20-18(22-26-13)19(11-5-2-6-12-19)21-16(23)10-9-14-7-3-4-8-15(14)17(24)25/h3-4,7-8H,2,5-6,9-12H2,1H3,(H,21,23)(H,24,25). The van der Waals surface area contributed by atoms with Crippen molar-refractivity contribution in [2.24, 2.45) is 0 Å². The number of aromatic carboxylic acids is 1. The van der Waals surface area contributed by atoms with Crippen molar-refractivity contribution in [3.63, 3.8) is 0 Å². The van der Waals surface area contributed by atoms with E-state index in [0.29, 0.717) is 23.7 Å². The third-order valence-corrected chi connectivity index (χ3v) is 4.91. The molecule has 0 spiro atoms. The molecule has 1 fully saturated rings. The van der Waals surface area contributed by atoms with Crippen molar-refractivity contribution < 1.29 is 19.2 Å². The third kappa shape index (κ3) is 3.92. The van der Waals surface area contributed by atoms with Gasteiger partial charge in [0.2, 0.25) is 11.8 Å². The lowest BCUT2D eigenvalue weighted by Crippen LogP contribution is -2.48. The fourth-order valence-electron chi connectivity index (χ4n) is 3.58. The van der Waals surface area contributed by atoms with Gasteiger partial charge in [-0.15, -0.1) is 0 Å². The Morgan fingerprint density at radius 2 is 1.96 bits per heavy atom. The average molecular weight is 357 g/mol. The Morgan fingerprint density at radius 3 is 2.62 bits per heavy atom. The predicted molar refractivity (Wildman–Crippen MR) is 93.7 cm³/mol. The van der Waals surface area contributed by atoms with Crippen molar-refractivity contribution >= 4 is 11.9 Å². The smallest absolute Gasteiger partial charge is 0.335 e. The monoisotopic (exact) mass is 357 g/mol. The molecule has 0 radical (unpaired) electrons.